The molecule has 12 aromatic rings. The third-order valence-electron chi connectivity index (χ3n) is 19.0. The number of aromatic nitrogens is 1. The summed E-state index contributed by atoms with van der Waals surface area (Å²) in [4.78, 5) is 5.50. The second-order valence-corrected chi connectivity index (χ2v) is 30.6. The molecular weight excluding hydrogens is 962 g/mol. The van der Waals surface area contributed by atoms with Gasteiger partial charge in [-0.2, -0.15) is 0 Å². The van der Waals surface area contributed by atoms with Crippen molar-refractivity contribution in [2.75, 3.05) is 9.80 Å². The van der Waals surface area contributed by atoms with Crippen molar-refractivity contribution in [1.29, 1.82) is 0 Å². The molecule has 0 saturated heterocycles. The Morgan fingerprint density at radius 1 is 0.410 bits per heavy atom. The molecule has 2 aliphatic heterocycles. The molecule has 0 saturated carbocycles. The molecule has 0 spiro atoms. The predicted molar refractivity (Wildman–Crippen MR) is 341 cm³/mol. The highest BCUT2D eigenvalue weighted by Crippen LogP contribution is 2.60. The van der Waals surface area contributed by atoms with Crippen LogP contribution in [0.2, 0.25) is 0 Å². The van der Waals surface area contributed by atoms with E-state index < -0.39 is 0 Å². The highest BCUT2D eigenvalue weighted by Gasteiger charge is 2.50. The summed E-state index contributed by atoms with van der Waals surface area (Å²) in [5, 5.41) is 9.52. The van der Waals surface area contributed by atoms with Gasteiger partial charge in [-0.25, -0.2) is 0 Å². The van der Waals surface area contributed by atoms with Crippen LogP contribution >= 0.6 is 11.3 Å². The number of anilines is 6. The Hall–Kier alpha value is -6.82. The molecule has 8 aromatic carbocycles. The van der Waals surface area contributed by atoms with Crippen LogP contribution in [0.1, 0.15) is 157 Å². The minimum atomic E-state index is -0.125. The largest absolute Gasteiger partial charge is 0.311 e. The fourth-order valence-electron chi connectivity index (χ4n) is 14.5. The lowest BCUT2D eigenvalue weighted by Crippen LogP contribution is -2.60. The zero-order chi connectivity index (χ0) is 54.6. The van der Waals surface area contributed by atoms with Gasteiger partial charge in [0.15, 0.2) is 0 Å². The first-order chi connectivity index (χ1) is 36.6. The van der Waals surface area contributed by atoms with Crippen molar-refractivity contribution in [1.82, 2.24) is 4.40 Å². The van der Waals surface area contributed by atoms with Gasteiger partial charge < -0.3 is 14.2 Å². The monoisotopic (exact) mass is 1030 g/mol. The van der Waals surface area contributed by atoms with Crippen LogP contribution in [0.4, 0.5) is 34.1 Å². The standard InChI is InChI=1S/C73H72BN3S/c1-68(2,3)39-22-27-44(28-23-39)75-56-31-26-41(70(7,8)9)36-55(56)74-60-65(75)58-51-34-42(71(10,11)12)32-48-49-33-43(72(13,14)15)35-52-59(64(58)77(61(48)51)62(49)52)66(60)76(45-29-24-40(25-30-45)69(4,5)6)63-50-37-47-46-20-18-19-21-53(46)73(16,17)54(47)38-57(50)78-67(63)74/h18-38H,1-17H3. The maximum Gasteiger partial charge on any atom is 0.264 e. The van der Waals surface area contributed by atoms with Gasteiger partial charge in [0.25, 0.3) is 6.71 Å². The molecular formula is C73H72BN3S. The lowest BCUT2D eigenvalue weighted by molar-refractivity contribution is 0.590. The summed E-state index contributed by atoms with van der Waals surface area (Å²) in [6.07, 6.45) is 0. The molecule has 388 valence electrons. The van der Waals surface area contributed by atoms with E-state index in [2.05, 4.69) is 259 Å². The van der Waals surface area contributed by atoms with Gasteiger partial charge in [0, 0.05) is 69.7 Å². The number of thiophene rings is 1. The van der Waals surface area contributed by atoms with Gasteiger partial charge in [-0.3, -0.25) is 0 Å². The van der Waals surface area contributed by atoms with Crippen LogP contribution in [0.3, 0.4) is 0 Å². The van der Waals surface area contributed by atoms with E-state index in [1.165, 1.54) is 159 Å². The Labute approximate surface area is 466 Å². The third kappa shape index (κ3) is 6.23. The van der Waals surface area contributed by atoms with Crippen LogP contribution < -0.4 is 25.5 Å². The summed E-state index contributed by atoms with van der Waals surface area (Å²) in [7, 11) is 0. The van der Waals surface area contributed by atoms with Crippen LogP contribution in [-0.4, -0.2) is 11.1 Å². The smallest absolute Gasteiger partial charge is 0.264 e. The molecule has 0 bridgehead atoms. The summed E-state index contributed by atoms with van der Waals surface area (Å²) in [6, 6.07) is 51.6. The lowest BCUT2D eigenvalue weighted by Gasteiger charge is -2.44. The van der Waals surface area contributed by atoms with Crippen molar-refractivity contribution < 1.29 is 0 Å². The first kappa shape index (κ1) is 48.3. The summed E-state index contributed by atoms with van der Waals surface area (Å²) in [5.41, 5.74) is 26.5. The van der Waals surface area contributed by atoms with Crippen molar-refractivity contribution >= 4 is 127 Å². The molecule has 3 nitrogen and oxygen atoms in total. The van der Waals surface area contributed by atoms with E-state index in [1.807, 2.05) is 11.3 Å². The highest BCUT2D eigenvalue weighted by molar-refractivity contribution is 7.33. The zero-order valence-corrected chi connectivity index (χ0v) is 49.8. The van der Waals surface area contributed by atoms with E-state index in [9.17, 15) is 0 Å². The van der Waals surface area contributed by atoms with E-state index in [4.69, 9.17) is 0 Å². The number of rotatable bonds is 2. The first-order valence-electron chi connectivity index (χ1n) is 28.7. The Morgan fingerprint density at radius 2 is 0.897 bits per heavy atom. The Morgan fingerprint density at radius 3 is 1.44 bits per heavy atom. The molecule has 1 aliphatic carbocycles. The van der Waals surface area contributed by atoms with Gasteiger partial charge in [-0.1, -0.05) is 178 Å². The summed E-state index contributed by atoms with van der Waals surface area (Å²) >= 11 is 2.05. The predicted octanol–water partition coefficient (Wildman–Crippen LogP) is 19.0. The van der Waals surface area contributed by atoms with Crippen LogP contribution in [-0.2, 0) is 32.5 Å². The van der Waals surface area contributed by atoms with Gasteiger partial charge in [0.05, 0.1) is 33.6 Å². The van der Waals surface area contributed by atoms with E-state index in [0.29, 0.717) is 0 Å². The lowest BCUT2D eigenvalue weighted by atomic mass is 9.35. The molecule has 0 radical (unpaired) electrons. The van der Waals surface area contributed by atoms with E-state index in [-0.39, 0.29) is 39.2 Å². The molecule has 0 fully saturated rings. The van der Waals surface area contributed by atoms with Crippen LogP contribution in [0, 0.1) is 0 Å². The molecule has 0 amide bonds. The number of nitrogens with zero attached hydrogens (tertiary/aromatic N) is 3. The van der Waals surface area contributed by atoms with Crippen LogP contribution in [0.25, 0.3) is 70.1 Å². The normalized spacial score (nSPS) is 15.5. The Kier molecular flexibility index (Phi) is 9.23. The van der Waals surface area contributed by atoms with Gasteiger partial charge >= 0.3 is 0 Å². The molecule has 0 N–H and O–H groups in total. The number of hydrogen-bond acceptors (Lipinski definition) is 3. The molecule has 0 atom stereocenters. The third-order valence-corrected chi connectivity index (χ3v) is 20.2. The first-order valence-corrected chi connectivity index (χ1v) is 29.5. The van der Waals surface area contributed by atoms with E-state index in [1.54, 1.807) is 0 Å². The maximum atomic E-state index is 2.78. The van der Waals surface area contributed by atoms with Crippen molar-refractivity contribution in [3.05, 3.63) is 166 Å². The van der Waals surface area contributed by atoms with E-state index >= 15 is 0 Å². The molecule has 3 aliphatic rings. The minimum absolute atomic E-state index is 0.00354. The van der Waals surface area contributed by atoms with Crippen molar-refractivity contribution in [2.24, 2.45) is 0 Å². The van der Waals surface area contributed by atoms with Gasteiger partial charge in [0.2, 0.25) is 0 Å². The van der Waals surface area contributed by atoms with Crippen molar-refractivity contribution in [3.8, 4) is 11.1 Å². The average molecular weight is 1030 g/mol. The van der Waals surface area contributed by atoms with Gasteiger partial charge in [-0.15, -0.1) is 11.3 Å². The van der Waals surface area contributed by atoms with Crippen LogP contribution in [0.5, 0.6) is 0 Å². The topological polar surface area (TPSA) is 10.9 Å². The summed E-state index contributed by atoms with van der Waals surface area (Å²) in [6.45, 7) is 40.4. The number of benzene rings is 8. The molecule has 15 rings (SSSR count). The summed E-state index contributed by atoms with van der Waals surface area (Å²) < 4.78 is 5.51. The minimum Gasteiger partial charge on any atom is -0.311 e. The summed E-state index contributed by atoms with van der Waals surface area (Å²) in [5.74, 6) is 0. The molecule has 5 heteroatoms. The average Bonchev–Trinajstić information content (AvgIpc) is 1.96. The maximum absolute atomic E-state index is 2.78. The molecule has 78 heavy (non-hydrogen) atoms. The van der Waals surface area contributed by atoms with Gasteiger partial charge in [0.1, 0.15) is 0 Å². The van der Waals surface area contributed by atoms with Gasteiger partial charge in [-0.05, 0) is 155 Å². The second kappa shape index (κ2) is 14.9. The highest BCUT2D eigenvalue weighted by atomic mass is 32.1. The van der Waals surface area contributed by atoms with Crippen molar-refractivity contribution in [3.63, 3.8) is 0 Å². The van der Waals surface area contributed by atoms with E-state index in [0.717, 1.165) is 0 Å². The molecule has 4 aromatic heterocycles. The fraction of sp³-hybridized carbons (Fsp3) is 0.315. The Bertz CT molecular complexity index is 4520. The molecule has 0 unspecified atom stereocenters. The number of fused-ring (bicyclic) bond motifs is 14. The Balaban J connectivity index is 1.20. The SMILES string of the molecule is CC(C)(C)c1ccc(N2c3ccc(C(C)(C)C)cc3B3c4sc5cc6c(cc5c4N(c4ccc(C(C)(C)C)cc4)c4c3c2c2c3cc(C(C)(C)C)cc5c7cc(C(C)(C)C)cc8c4c2n(c53)c78)-c2ccccc2C6(C)C)cc1. The second-order valence-electron chi connectivity index (χ2n) is 29.5. The quantitative estimate of drug-likeness (QED) is 0.160. The van der Waals surface area contributed by atoms with Crippen LogP contribution in [0.15, 0.2) is 127 Å². The van der Waals surface area contributed by atoms with Crippen molar-refractivity contribution in [2.45, 2.75) is 150 Å². The zero-order valence-electron chi connectivity index (χ0n) is 49.0. The fourth-order valence-corrected chi connectivity index (χ4v) is 15.9. The number of hydrogen-bond donors (Lipinski definition) is 0. The molecule has 6 heterocycles.